The van der Waals surface area contributed by atoms with Gasteiger partial charge in [0.05, 0.1) is 18.0 Å². The second kappa shape index (κ2) is 4.66. The molecule has 4 nitrogen and oxygen atoms in total. The van der Waals surface area contributed by atoms with Crippen molar-refractivity contribution in [2.45, 2.75) is 19.8 Å². The van der Waals surface area contributed by atoms with Crippen LogP contribution in [0.2, 0.25) is 0 Å². The lowest BCUT2D eigenvalue weighted by Crippen LogP contribution is -2.24. The molecule has 84 valence electrons. The molecule has 0 aromatic carbocycles. The Labute approximate surface area is 90.6 Å². The van der Waals surface area contributed by atoms with Gasteiger partial charge >= 0.3 is 0 Å². The van der Waals surface area contributed by atoms with E-state index in [0.717, 1.165) is 31.1 Å². The molecule has 0 amide bonds. The Bertz CT molecular complexity index is 316. The Hall–Kier alpha value is -1.03. The van der Waals surface area contributed by atoms with Gasteiger partial charge in [0, 0.05) is 26.4 Å². The van der Waals surface area contributed by atoms with Crippen LogP contribution in [-0.4, -0.2) is 29.5 Å². The van der Waals surface area contributed by atoms with E-state index >= 15 is 0 Å². The molecule has 1 unspecified atom stereocenters. The molecule has 0 spiro atoms. The highest BCUT2D eigenvalue weighted by molar-refractivity contribution is 5.45. The summed E-state index contributed by atoms with van der Waals surface area (Å²) >= 11 is 0. The summed E-state index contributed by atoms with van der Waals surface area (Å²) in [5, 5.41) is 7.74. The number of aromatic nitrogens is 2. The molecule has 2 heterocycles. The summed E-state index contributed by atoms with van der Waals surface area (Å²) in [6, 6.07) is 0. The Morgan fingerprint density at radius 1 is 1.67 bits per heavy atom. The van der Waals surface area contributed by atoms with Crippen LogP contribution in [0, 0.1) is 12.8 Å². The molecule has 4 heteroatoms. The molecule has 0 radical (unpaired) electrons. The average Bonchev–Trinajstić information content (AvgIpc) is 2.56. The van der Waals surface area contributed by atoms with Crippen molar-refractivity contribution in [2.75, 3.05) is 25.1 Å². The van der Waals surface area contributed by atoms with Gasteiger partial charge in [-0.15, -0.1) is 0 Å². The number of hydrogen-bond donors (Lipinski definition) is 1. The Morgan fingerprint density at radius 2 is 2.53 bits per heavy atom. The minimum absolute atomic E-state index is 0.651. The summed E-state index contributed by atoms with van der Waals surface area (Å²) in [5.41, 5.74) is 2.21. The predicted molar refractivity (Wildman–Crippen MR) is 60.0 cm³/mol. The van der Waals surface area contributed by atoms with Crippen LogP contribution in [0.4, 0.5) is 5.69 Å². The smallest absolute Gasteiger partial charge is 0.0824 e. The quantitative estimate of drug-likeness (QED) is 0.821. The molecule has 1 fully saturated rings. The topological polar surface area (TPSA) is 39.1 Å². The summed E-state index contributed by atoms with van der Waals surface area (Å²) in [5.74, 6) is 0.651. The molecule has 1 aliphatic rings. The summed E-state index contributed by atoms with van der Waals surface area (Å²) in [6.07, 6.45) is 4.49. The minimum Gasteiger partial charge on any atom is -0.382 e. The molecule has 0 aliphatic carbocycles. The van der Waals surface area contributed by atoms with Gasteiger partial charge in [-0.2, -0.15) is 5.10 Å². The van der Waals surface area contributed by atoms with Crippen molar-refractivity contribution in [1.82, 2.24) is 9.78 Å². The molecule has 1 N–H and O–H groups in total. The number of ether oxygens (including phenoxy) is 1. The van der Waals surface area contributed by atoms with Gasteiger partial charge in [0.15, 0.2) is 0 Å². The van der Waals surface area contributed by atoms with Crippen molar-refractivity contribution in [3.05, 3.63) is 11.9 Å². The number of hydrogen-bond acceptors (Lipinski definition) is 3. The van der Waals surface area contributed by atoms with E-state index in [-0.39, 0.29) is 0 Å². The van der Waals surface area contributed by atoms with Crippen LogP contribution in [0.25, 0.3) is 0 Å². The lowest BCUT2D eigenvalue weighted by molar-refractivity contribution is 0.0595. The maximum atomic E-state index is 5.45. The molecular formula is C11H19N3O. The number of nitrogens with zero attached hydrogens (tertiary/aromatic N) is 2. The second-order valence-corrected chi connectivity index (χ2v) is 4.27. The van der Waals surface area contributed by atoms with Crippen molar-refractivity contribution in [3.8, 4) is 0 Å². The average molecular weight is 209 g/mol. The zero-order valence-corrected chi connectivity index (χ0v) is 9.49. The fraction of sp³-hybridized carbons (Fsp3) is 0.727. The van der Waals surface area contributed by atoms with Crippen molar-refractivity contribution >= 4 is 5.69 Å². The largest absolute Gasteiger partial charge is 0.382 e. The number of aryl methyl sites for hydroxylation is 2. The maximum absolute atomic E-state index is 5.45. The van der Waals surface area contributed by atoms with E-state index in [9.17, 15) is 0 Å². The maximum Gasteiger partial charge on any atom is 0.0824 e. The number of nitrogens with one attached hydrogen (secondary N) is 1. The molecule has 1 aromatic heterocycles. The Balaban J connectivity index is 1.84. The predicted octanol–water partition coefficient (Wildman–Crippen LogP) is 1.57. The van der Waals surface area contributed by atoms with Crippen LogP contribution in [0.1, 0.15) is 18.5 Å². The third-order valence-corrected chi connectivity index (χ3v) is 2.85. The molecule has 0 saturated carbocycles. The highest BCUT2D eigenvalue weighted by atomic mass is 16.5. The van der Waals surface area contributed by atoms with Gasteiger partial charge in [-0.1, -0.05) is 0 Å². The van der Waals surface area contributed by atoms with Gasteiger partial charge in [-0.3, -0.25) is 4.68 Å². The van der Waals surface area contributed by atoms with Crippen LogP contribution >= 0.6 is 0 Å². The molecule has 1 aliphatic heterocycles. The fourth-order valence-corrected chi connectivity index (χ4v) is 2.00. The number of anilines is 1. The van der Waals surface area contributed by atoms with Crippen LogP contribution in [0.3, 0.4) is 0 Å². The first-order valence-corrected chi connectivity index (χ1v) is 5.57. The van der Waals surface area contributed by atoms with E-state index in [1.165, 1.54) is 12.8 Å². The van der Waals surface area contributed by atoms with Crippen LogP contribution < -0.4 is 5.32 Å². The van der Waals surface area contributed by atoms with Crippen molar-refractivity contribution in [3.63, 3.8) is 0 Å². The van der Waals surface area contributed by atoms with E-state index in [4.69, 9.17) is 4.74 Å². The lowest BCUT2D eigenvalue weighted by atomic mass is 10.0. The zero-order valence-electron chi connectivity index (χ0n) is 9.49. The highest BCUT2D eigenvalue weighted by Gasteiger charge is 2.14. The van der Waals surface area contributed by atoms with Gasteiger partial charge in [0.25, 0.3) is 0 Å². The van der Waals surface area contributed by atoms with Gasteiger partial charge in [0.2, 0.25) is 0 Å². The van der Waals surface area contributed by atoms with Gasteiger partial charge in [0.1, 0.15) is 0 Å². The monoisotopic (exact) mass is 209 g/mol. The molecule has 1 atom stereocenters. The molecule has 2 rings (SSSR count). The standard InChI is InChI=1S/C11H19N3O/c1-9-11(7-14(2)13-9)12-6-10-4-3-5-15-8-10/h7,10,12H,3-6,8H2,1-2H3. The van der Waals surface area contributed by atoms with E-state index in [2.05, 4.69) is 10.4 Å². The molecule has 1 saturated heterocycles. The van der Waals surface area contributed by atoms with Crippen molar-refractivity contribution in [1.29, 1.82) is 0 Å². The van der Waals surface area contributed by atoms with Gasteiger partial charge < -0.3 is 10.1 Å². The molecule has 0 bridgehead atoms. The first-order chi connectivity index (χ1) is 7.25. The highest BCUT2D eigenvalue weighted by Crippen LogP contribution is 2.16. The van der Waals surface area contributed by atoms with Crippen LogP contribution in [0.15, 0.2) is 6.20 Å². The van der Waals surface area contributed by atoms with E-state index in [0.29, 0.717) is 5.92 Å². The van der Waals surface area contributed by atoms with Crippen molar-refractivity contribution in [2.24, 2.45) is 13.0 Å². The minimum atomic E-state index is 0.651. The molecule has 1 aromatic rings. The first-order valence-electron chi connectivity index (χ1n) is 5.57. The Kier molecular flexibility index (Phi) is 3.26. The van der Waals surface area contributed by atoms with E-state index in [1.807, 2.05) is 24.9 Å². The van der Waals surface area contributed by atoms with E-state index in [1.54, 1.807) is 0 Å². The zero-order chi connectivity index (χ0) is 10.7. The summed E-state index contributed by atoms with van der Waals surface area (Å²) in [7, 11) is 1.95. The van der Waals surface area contributed by atoms with Crippen LogP contribution in [0.5, 0.6) is 0 Å². The summed E-state index contributed by atoms with van der Waals surface area (Å²) in [6.45, 7) is 4.85. The second-order valence-electron chi connectivity index (χ2n) is 4.27. The third-order valence-electron chi connectivity index (χ3n) is 2.85. The molecular weight excluding hydrogens is 190 g/mol. The third kappa shape index (κ3) is 2.72. The Morgan fingerprint density at radius 3 is 3.13 bits per heavy atom. The SMILES string of the molecule is Cc1nn(C)cc1NCC1CCCOC1. The summed E-state index contributed by atoms with van der Waals surface area (Å²) < 4.78 is 7.29. The summed E-state index contributed by atoms with van der Waals surface area (Å²) in [4.78, 5) is 0. The lowest BCUT2D eigenvalue weighted by Gasteiger charge is -2.22. The molecule has 15 heavy (non-hydrogen) atoms. The van der Waals surface area contributed by atoms with Crippen LogP contribution in [-0.2, 0) is 11.8 Å². The fourth-order valence-electron chi connectivity index (χ4n) is 2.00. The number of rotatable bonds is 3. The first kappa shape index (κ1) is 10.5. The van der Waals surface area contributed by atoms with Crippen molar-refractivity contribution < 1.29 is 4.74 Å². The van der Waals surface area contributed by atoms with Gasteiger partial charge in [-0.05, 0) is 25.7 Å². The normalized spacial score (nSPS) is 21.6. The van der Waals surface area contributed by atoms with E-state index < -0.39 is 0 Å². The van der Waals surface area contributed by atoms with Gasteiger partial charge in [-0.25, -0.2) is 0 Å².